The molecular formula is C24H24FN7O. The predicted octanol–water partition coefficient (Wildman–Crippen LogP) is 3.68. The molecule has 3 aromatic heterocycles. The molecule has 1 aliphatic heterocycles. The third-order valence-electron chi connectivity index (χ3n) is 6.37. The lowest BCUT2D eigenvalue weighted by molar-refractivity contribution is 0.0889. The molecule has 5 rings (SSSR count). The largest absolute Gasteiger partial charge is 0.346 e. The van der Waals surface area contributed by atoms with Crippen molar-refractivity contribution in [1.82, 2.24) is 30.2 Å². The Hall–Kier alpha value is -3.77. The Kier molecular flexibility index (Phi) is 5.75. The number of fused-ring (bicyclic) bond motifs is 3. The third kappa shape index (κ3) is 4.30. The van der Waals surface area contributed by atoms with Crippen LogP contribution in [0, 0.1) is 23.1 Å². The van der Waals surface area contributed by atoms with Gasteiger partial charge >= 0.3 is 0 Å². The lowest BCUT2D eigenvalue weighted by Crippen LogP contribution is -2.41. The molecular weight excluding hydrogens is 421 g/mol. The topological polar surface area (TPSA) is 113 Å². The molecule has 0 bridgehead atoms. The highest BCUT2D eigenvalue weighted by Gasteiger charge is 2.31. The van der Waals surface area contributed by atoms with Gasteiger partial charge in [0.15, 0.2) is 0 Å². The van der Waals surface area contributed by atoms with Gasteiger partial charge in [-0.05, 0) is 56.1 Å². The molecule has 0 spiro atoms. The minimum atomic E-state index is -0.449. The van der Waals surface area contributed by atoms with Crippen molar-refractivity contribution in [3.8, 4) is 6.07 Å². The Bertz CT molecular complexity index is 1330. The third-order valence-corrected chi connectivity index (χ3v) is 6.37. The van der Waals surface area contributed by atoms with Gasteiger partial charge in [-0.15, -0.1) is 0 Å². The monoisotopic (exact) mass is 445 g/mol. The van der Waals surface area contributed by atoms with Gasteiger partial charge < -0.3 is 20.2 Å². The summed E-state index contributed by atoms with van der Waals surface area (Å²) in [5.74, 6) is 0.0308. The lowest BCUT2D eigenvalue weighted by atomic mass is 9.88. The number of aromatic amines is 2. The Morgan fingerprint density at radius 2 is 2.18 bits per heavy atom. The summed E-state index contributed by atoms with van der Waals surface area (Å²) < 4.78 is 13.7. The summed E-state index contributed by atoms with van der Waals surface area (Å²) in [6.07, 6.45) is 5.76. The molecule has 1 fully saturated rings. The van der Waals surface area contributed by atoms with E-state index in [2.05, 4.69) is 31.2 Å². The van der Waals surface area contributed by atoms with Gasteiger partial charge in [0.25, 0.3) is 5.91 Å². The number of benzene rings is 1. The van der Waals surface area contributed by atoms with Crippen molar-refractivity contribution in [1.29, 1.82) is 5.26 Å². The van der Waals surface area contributed by atoms with Crippen LogP contribution in [-0.4, -0.2) is 50.4 Å². The van der Waals surface area contributed by atoms with Crippen LogP contribution in [0.1, 0.15) is 41.5 Å². The Labute approximate surface area is 189 Å². The van der Waals surface area contributed by atoms with Crippen molar-refractivity contribution < 1.29 is 9.18 Å². The number of H-pyrrole nitrogens is 2. The van der Waals surface area contributed by atoms with Gasteiger partial charge in [-0.3, -0.25) is 4.79 Å². The minimum absolute atomic E-state index is 0.149. The first-order chi connectivity index (χ1) is 16.1. The number of halogens is 1. The van der Waals surface area contributed by atoms with Gasteiger partial charge in [0.05, 0.1) is 23.8 Å². The number of hydrogen-bond acceptors (Lipinski definition) is 5. The first-order valence-corrected chi connectivity index (χ1v) is 11.1. The average molecular weight is 446 g/mol. The quantitative estimate of drug-likeness (QED) is 0.419. The molecule has 4 aromatic rings. The maximum atomic E-state index is 13.7. The zero-order chi connectivity index (χ0) is 22.8. The first kappa shape index (κ1) is 21.1. The van der Waals surface area contributed by atoms with Crippen molar-refractivity contribution in [2.75, 3.05) is 19.6 Å². The fourth-order valence-electron chi connectivity index (χ4n) is 4.63. The molecule has 1 saturated heterocycles. The number of pyridine rings is 1. The average Bonchev–Trinajstić information content (AvgIpc) is 3.48. The van der Waals surface area contributed by atoms with E-state index in [1.165, 1.54) is 18.2 Å². The lowest BCUT2D eigenvalue weighted by Gasteiger charge is -2.35. The summed E-state index contributed by atoms with van der Waals surface area (Å²) in [5, 5.41) is 12.9. The number of nitrogens with one attached hydrogen (secondary N) is 3. The molecule has 1 amide bonds. The second-order valence-electron chi connectivity index (χ2n) is 8.43. The van der Waals surface area contributed by atoms with Gasteiger partial charge in [-0.2, -0.15) is 5.26 Å². The molecule has 9 heteroatoms. The summed E-state index contributed by atoms with van der Waals surface area (Å²) in [6.45, 7) is 2.45. The predicted molar refractivity (Wildman–Crippen MR) is 122 cm³/mol. The molecule has 1 aliphatic rings. The van der Waals surface area contributed by atoms with E-state index in [1.807, 2.05) is 12.3 Å². The molecule has 4 heterocycles. The normalized spacial score (nSPS) is 16.1. The number of aromatic nitrogens is 4. The van der Waals surface area contributed by atoms with Crippen LogP contribution in [0.15, 0.2) is 42.7 Å². The minimum Gasteiger partial charge on any atom is -0.346 e. The van der Waals surface area contributed by atoms with E-state index in [0.29, 0.717) is 12.2 Å². The fourth-order valence-corrected chi connectivity index (χ4v) is 4.63. The first-order valence-electron chi connectivity index (χ1n) is 11.1. The van der Waals surface area contributed by atoms with E-state index < -0.39 is 5.82 Å². The second-order valence-corrected chi connectivity index (χ2v) is 8.43. The molecule has 0 aliphatic carbocycles. The summed E-state index contributed by atoms with van der Waals surface area (Å²) >= 11 is 0. The summed E-state index contributed by atoms with van der Waals surface area (Å²) in [4.78, 5) is 31.0. The molecule has 3 N–H and O–H groups in total. The maximum absolute atomic E-state index is 13.7. The van der Waals surface area contributed by atoms with Gasteiger partial charge in [0, 0.05) is 30.1 Å². The molecule has 1 aromatic carbocycles. The van der Waals surface area contributed by atoms with Gasteiger partial charge in [0.1, 0.15) is 22.8 Å². The highest BCUT2D eigenvalue weighted by atomic mass is 19.1. The SMILES string of the molecule is N#CCCN1CCC(C(NC(=O)c2cccc(F)c2)c2nc3cnc4[nH]ccc4c3[nH]2)CC1. The van der Waals surface area contributed by atoms with Crippen molar-refractivity contribution >= 4 is 28.0 Å². The zero-order valence-electron chi connectivity index (χ0n) is 18.0. The number of carbonyl (C=O) groups is 1. The van der Waals surface area contributed by atoms with Crippen molar-refractivity contribution in [2.24, 2.45) is 5.92 Å². The zero-order valence-corrected chi connectivity index (χ0v) is 18.0. The molecule has 0 saturated carbocycles. The number of rotatable bonds is 6. The number of amides is 1. The molecule has 8 nitrogen and oxygen atoms in total. The van der Waals surface area contributed by atoms with Crippen LogP contribution in [0.4, 0.5) is 4.39 Å². The van der Waals surface area contributed by atoms with Crippen LogP contribution in [-0.2, 0) is 0 Å². The van der Waals surface area contributed by atoms with Gasteiger partial charge in [0.2, 0.25) is 0 Å². The number of piperidine rings is 1. The summed E-state index contributed by atoms with van der Waals surface area (Å²) in [5.41, 5.74) is 2.64. The number of hydrogen-bond donors (Lipinski definition) is 3. The van der Waals surface area contributed by atoms with Crippen molar-refractivity contribution in [3.63, 3.8) is 0 Å². The number of nitrogens with zero attached hydrogens (tertiary/aromatic N) is 4. The molecule has 0 radical (unpaired) electrons. The van der Waals surface area contributed by atoms with Crippen molar-refractivity contribution in [3.05, 3.63) is 59.9 Å². The van der Waals surface area contributed by atoms with Crippen LogP contribution in [0.2, 0.25) is 0 Å². The maximum Gasteiger partial charge on any atom is 0.251 e. The Balaban J connectivity index is 1.45. The van der Waals surface area contributed by atoms with Crippen LogP contribution in [0.3, 0.4) is 0 Å². The molecule has 1 unspecified atom stereocenters. The van der Waals surface area contributed by atoms with E-state index in [0.717, 1.165) is 54.5 Å². The fraction of sp³-hybridized carbons (Fsp3) is 0.333. The van der Waals surface area contributed by atoms with E-state index >= 15 is 0 Å². The van der Waals surface area contributed by atoms with Crippen LogP contribution in [0.25, 0.3) is 22.1 Å². The summed E-state index contributed by atoms with van der Waals surface area (Å²) in [7, 11) is 0. The number of imidazole rings is 1. The van der Waals surface area contributed by atoms with Crippen LogP contribution < -0.4 is 5.32 Å². The van der Waals surface area contributed by atoms with Crippen LogP contribution >= 0.6 is 0 Å². The second kappa shape index (κ2) is 9.00. The highest BCUT2D eigenvalue weighted by molar-refractivity contribution is 6.00. The molecule has 168 valence electrons. The van der Waals surface area contributed by atoms with Gasteiger partial charge in [-0.25, -0.2) is 14.4 Å². The van der Waals surface area contributed by atoms with Crippen molar-refractivity contribution in [2.45, 2.75) is 25.3 Å². The Morgan fingerprint density at radius 3 is 2.97 bits per heavy atom. The smallest absolute Gasteiger partial charge is 0.251 e. The number of nitriles is 1. The van der Waals surface area contributed by atoms with E-state index in [9.17, 15) is 9.18 Å². The molecule has 1 atom stereocenters. The number of carbonyl (C=O) groups excluding carboxylic acids is 1. The molecule has 33 heavy (non-hydrogen) atoms. The number of likely N-dealkylation sites (tertiary alicyclic amines) is 1. The Morgan fingerprint density at radius 1 is 1.33 bits per heavy atom. The standard InChI is InChI=1S/C24H24FN7O/c25-17-4-1-3-16(13-17)24(33)31-20(15-6-11-32(12-7-15)10-2-8-26)23-29-19-14-28-22-18(5-9-27-22)21(19)30-23/h1,3-5,9,13-15,20H,2,6-7,10-12H2,(H,27,28)(H,29,30)(H,31,33). The van der Waals surface area contributed by atoms with E-state index in [-0.39, 0.29) is 23.4 Å². The van der Waals surface area contributed by atoms with E-state index in [4.69, 9.17) is 10.2 Å². The summed E-state index contributed by atoms with van der Waals surface area (Å²) in [6, 6.07) is 9.47. The van der Waals surface area contributed by atoms with Crippen LogP contribution in [0.5, 0.6) is 0 Å². The highest BCUT2D eigenvalue weighted by Crippen LogP contribution is 2.32. The van der Waals surface area contributed by atoms with Gasteiger partial charge in [-0.1, -0.05) is 6.07 Å². The van der Waals surface area contributed by atoms with E-state index in [1.54, 1.807) is 12.3 Å².